The number of rotatable bonds is 5. The van der Waals surface area contributed by atoms with Gasteiger partial charge in [0.2, 0.25) is 0 Å². The van der Waals surface area contributed by atoms with Crippen LogP contribution in [0.2, 0.25) is 0 Å². The minimum absolute atomic E-state index is 0.204. The normalized spacial score (nSPS) is 22.9. The predicted octanol–water partition coefficient (Wildman–Crippen LogP) is 3.80. The molecule has 0 aromatic heterocycles. The van der Waals surface area contributed by atoms with Crippen molar-refractivity contribution >= 4 is 5.69 Å². The van der Waals surface area contributed by atoms with Crippen LogP contribution in [-0.4, -0.2) is 25.9 Å². The molecule has 0 aliphatic heterocycles. The first-order valence-corrected chi connectivity index (χ1v) is 6.62. The quantitative estimate of drug-likeness (QED) is 0.894. The van der Waals surface area contributed by atoms with Crippen LogP contribution in [0.5, 0.6) is 5.75 Å². The maximum Gasteiger partial charge on any atom is 0.387 e. The van der Waals surface area contributed by atoms with Gasteiger partial charge in [0.25, 0.3) is 0 Å². The lowest BCUT2D eigenvalue weighted by Crippen LogP contribution is -2.31. The monoisotopic (exact) mass is 289 g/mol. The van der Waals surface area contributed by atoms with Crippen molar-refractivity contribution in [3.05, 3.63) is 24.0 Å². The Labute approximate surface area is 116 Å². The molecule has 2 rings (SSSR count). The fraction of sp³-hybridized carbons (Fsp3) is 0.571. The molecule has 6 heteroatoms. The number of methoxy groups -OCH3 is 1. The van der Waals surface area contributed by atoms with E-state index in [9.17, 15) is 13.2 Å². The third-order valence-electron chi connectivity index (χ3n) is 3.48. The zero-order valence-corrected chi connectivity index (χ0v) is 11.2. The van der Waals surface area contributed by atoms with Crippen molar-refractivity contribution in [1.29, 1.82) is 0 Å². The smallest absolute Gasteiger partial charge is 0.387 e. The highest BCUT2D eigenvalue weighted by atomic mass is 19.3. The summed E-state index contributed by atoms with van der Waals surface area (Å²) in [6, 6.07) is 4.13. The van der Waals surface area contributed by atoms with E-state index >= 15 is 0 Å². The topological polar surface area (TPSA) is 30.5 Å². The van der Waals surface area contributed by atoms with Crippen molar-refractivity contribution < 1.29 is 22.6 Å². The van der Waals surface area contributed by atoms with Gasteiger partial charge in [0, 0.05) is 24.9 Å². The molecule has 112 valence electrons. The van der Waals surface area contributed by atoms with E-state index in [1.807, 2.05) is 0 Å². The summed E-state index contributed by atoms with van der Waals surface area (Å²) in [5.41, 5.74) is 0.561. The van der Waals surface area contributed by atoms with E-state index in [1.54, 1.807) is 7.11 Å². The molecule has 1 aliphatic carbocycles. The van der Waals surface area contributed by atoms with E-state index in [0.717, 1.165) is 25.7 Å². The molecule has 0 radical (unpaired) electrons. The van der Waals surface area contributed by atoms with Gasteiger partial charge in [-0.25, -0.2) is 4.39 Å². The van der Waals surface area contributed by atoms with Gasteiger partial charge in [0.1, 0.15) is 0 Å². The molecular formula is C14H18F3NO2. The second-order valence-corrected chi connectivity index (χ2v) is 4.89. The van der Waals surface area contributed by atoms with E-state index in [4.69, 9.17) is 4.74 Å². The Morgan fingerprint density at radius 1 is 1.30 bits per heavy atom. The van der Waals surface area contributed by atoms with Crippen LogP contribution < -0.4 is 10.1 Å². The largest absolute Gasteiger partial charge is 0.432 e. The van der Waals surface area contributed by atoms with Gasteiger partial charge < -0.3 is 14.8 Å². The lowest BCUT2D eigenvalue weighted by atomic mass is 9.92. The average molecular weight is 289 g/mol. The van der Waals surface area contributed by atoms with Gasteiger partial charge in [-0.05, 0) is 37.8 Å². The Bertz CT molecular complexity index is 442. The van der Waals surface area contributed by atoms with Crippen molar-refractivity contribution in [2.24, 2.45) is 0 Å². The molecule has 0 amide bonds. The van der Waals surface area contributed by atoms with Crippen molar-refractivity contribution in [3.8, 4) is 5.75 Å². The fourth-order valence-electron chi connectivity index (χ4n) is 2.51. The van der Waals surface area contributed by atoms with Crippen molar-refractivity contribution in [2.45, 2.75) is 44.4 Å². The van der Waals surface area contributed by atoms with Gasteiger partial charge in [-0.15, -0.1) is 0 Å². The molecule has 2 unspecified atom stereocenters. The first kappa shape index (κ1) is 15.0. The summed E-state index contributed by atoms with van der Waals surface area (Å²) in [4.78, 5) is 0. The second-order valence-electron chi connectivity index (χ2n) is 4.89. The summed E-state index contributed by atoms with van der Waals surface area (Å²) < 4.78 is 47.1. The zero-order valence-electron chi connectivity index (χ0n) is 11.2. The molecule has 2 atom stereocenters. The second kappa shape index (κ2) is 6.83. The average Bonchev–Trinajstić information content (AvgIpc) is 2.42. The molecule has 0 bridgehead atoms. The number of hydrogen-bond donors (Lipinski definition) is 1. The summed E-state index contributed by atoms with van der Waals surface area (Å²) in [6.45, 7) is -3.02. The number of ether oxygens (including phenoxy) is 2. The molecular weight excluding hydrogens is 271 g/mol. The SMILES string of the molecule is COC1CCCC(Nc2ccc(OC(F)F)c(F)c2)C1. The number of benzene rings is 1. The summed E-state index contributed by atoms with van der Waals surface area (Å²) in [5.74, 6) is -1.24. The molecule has 1 N–H and O–H groups in total. The maximum atomic E-state index is 13.6. The van der Waals surface area contributed by atoms with Crippen LogP contribution in [0, 0.1) is 5.82 Å². The molecule has 3 nitrogen and oxygen atoms in total. The van der Waals surface area contributed by atoms with Gasteiger partial charge in [-0.3, -0.25) is 0 Å². The Kier molecular flexibility index (Phi) is 5.11. The zero-order chi connectivity index (χ0) is 14.5. The number of halogens is 3. The molecule has 20 heavy (non-hydrogen) atoms. The van der Waals surface area contributed by atoms with Crippen molar-refractivity contribution in [3.63, 3.8) is 0 Å². The molecule has 1 aromatic carbocycles. The van der Waals surface area contributed by atoms with E-state index < -0.39 is 18.2 Å². The van der Waals surface area contributed by atoms with Crippen LogP contribution >= 0.6 is 0 Å². The van der Waals surface area contributed by atoms with Crippen LogP contribution in [0.4, 0.5) is 18.9 Å². The molecule has 1 saturated carbocycles. The maximum absolute atomic E-state index is 13.6. The summed E-state index contributed by atoms with van der Waals surface area (Å²) in [7, 11) is 1.68. The third-order valence-corrected chi connectivity index (χ3v) is 3.48. The number of alkyl halides is 2. The van der Waals surface area contributed by atoms with E-state index in [2.05, 4.69) is 10.1 Å². The van der Waals surface area contributed by atoms with Crippen LogP contribution in [0.15, 0.2) is 18.2 Å². The highest BCUT2D eigenvalue weighted by Crippen LogP contribution is 2.27. The molecule has 0 saturated heterocycles. The molecule has 0 heterocycles. The Balaban J connectivity index is 1.97. The van der Waals surface area contributed by atoms with E-state index in [1.165, 1.54) is 18.2 Å². The molecule has 1 fully saturated rings. The minimum atomic E-state index is -3.02. The van der Waals surface area contributed by atoms with Gasteiger partial charge in [0.15, 0.2) is 11.6 Å². The van der Waals surface area contributed by atoms with Crippen LogP contribution in [0.25, 0.3) is 0 Å². The summed E-state index contributed by atoms with van der Waals surface area (Å²) in [5, 5.41) is 3.20. The number of hydrogen-bond acceptors (Lipinski definition) is 3. The fourth-order valence-corrected chi connectivity index (χ4v) is 2.51. The predicted molar refractivity (Wildman–Crippen MR) is 69.7 cm³/mol. The molecule has 1 aliphatic rings. The van der Waals surface area contributed by atoms with Gasteiger partial charge in [-0.1, -0.05) is 0 Å². The highest BCUT2D eigenvalue weighted by Gasteiger charge is 2.21. The standard InChI is InChI=1S/C14H18F3NO2/c1-19-11-4-2-3-9(7-11)18-10-5-6-13(12(15)8-10)20-14(16)17/h5-6,8-9,11,14,18H,2-4,7H2,1H3. The molecule has 0 spiro atoms. The third kappa shape index (κ3) is 4.03. The Morgan fingerprint density at radius 2 is 2.10 bits per heavy atom. The Morgan fingerprint density at radius 3 is 2.75 bits per heavy atom. The first-order valence-electron chi connectivity index (χ1n) is 6.62. The van der Waals surface area contributed by atoms with Crippen molar-refractivity contribution in [1.82, 2.24) is 0 Å². The van der Waals surface area contributed by atoms with Crippen molar-refractivity contribution in [2.75, 3.05) is 12.4 Å². The first-order chi connectivity index (χ1) is 9.58. The van der Waals surface area contributed by atoms with Gasteiger partial charge in [0.05, 0.1) is 6.10 Å². The Hall–Kier alpha value is -1.43. The number of anilines is 1. The van der Waals surface area contributed by atoms with Crippen LogP contribution in [-0.2, 0) is 4.74 Å². The summed E-state index contributed by atoms with van der Waals surface area (Å²) in [6.07, 6.45) is 4.13. The van der Waals surface area contributed by atoms with Gasteiger partial charge >= 0.3 is 6.61 Å². The van der Waals surface area contributed by atoms with E-state index in [0.29, 0.717) is 5.69 Å². The lowest BCUT2D eigenvalue weighted by Gasteiger charge is -2.29. The van der Waals surface area contributed by atoms with Gasteiger partial charge in [-0.2, -0.15) is 8.78 Å². The minimum Gasteiger partial charge on any atom is -0.432 e. The lowest BCUT2D eigenvalue weighted by molar-refractivity contribution is -0.0521. The van der Waals surface area contributed by atoms with Crippen LogP contribution in [0.1, 0.15) is 25.7 Å². The number of nitrogens with one attached hydrogen (secondary N) is 1. The molecule has 1 aromatic rings. The highest BCUT2D eigenvalue weighted by molar-refractivity contribution is 5.48. The summed E-state index contributed by atoms with van der Waals surface area (Å²) >= 11 is 0. The van der Waals surface area contributed by atoms with Crippen LogP contribution in [0.3, 0.4) is 0 Å². The van der Waals surface area contributed by atoms with E-state index in [-0.39, 0.29) is 12.1 Å².